The average molecular weight is 323 g/mol. The van der Waals surface area contributed by atoms with E-state index < -0.39 is 0 Å². The van der Waals surface area contributed by atoms with Crippen molar-refractivity contribution in [1.82, 2.24) is 24.6 Å². The molecule has 0 unspecified atom stereocenters. The first kappa shape index (κ1) is 16.0. The van der Waals surface area contributed by atoms with E-state index in [0.29, 0.717) is 12.1 Å². The van der Waals surface area contributed by atoms with Gasteiger partial charge in [-0.3, -0.25) is 4.79 Å². The molecule has 0 atom stereocenters. The van der Waals surface area contributed by atoms with E-state index in [1.54, 1.807) is 11.0 Å². The third-order valence-corrected chi connectivity index (χ3v) is 3.83. The van der Waals surface area contributed by atoms with Crippen LogP contribution < -0.4 is 5.32 Å². The van der Waals surface area contributed by atoms with Crippen molar-refractivity contribution in [3.05, 3.63) is 66.5 Å². The molecule has 0 aliphatic rings. The quantitative estimate of drug-likeness (QED) is 0.803. The van der Waals surface area contributed by atoms with Gasteiger partial charge in [0.1, 0.15) is 12.7 Å². The minimum atomic E-state index is -0.0913. The van der Waals surface area contributed by atoms with Crippen LogP contribution in [0, 0.1) is 0 Å². The normalized spacial score (nSPS) is 11.5. The maximum atomic E-state index is 12.4. The standard InChI is InChI=1S/C18H21N5O/c1-18(2,3)22-9-8-15(11-22)17(24)20-10-14-6-4-5-7-16(14)23-13-19-12-21-23/h4-9,11-13H,10H2,1-3H3,(H,20,24). The SMILES string of the molecule is CC(C)(C)n1ccc(C(=O)NCc2ccccc2-n2cncn2)c1. The molecule has 6 nitrogen and oxygen atoms in total. The molecule has 0 radical (unpaired) electrons. The second-order valence-electron chi connectivity index (χ2n) is 6.63. The molecule has 0 bridgehead atoms. The largest absolute Gasteiger partial charge is 0.348 e. The number of nitrogens with one attached hydrogen (secondary N) is 1. The fraction of sp³-hybridized carbons (Fsp3) is 0.278. The predicted molar refractivity (Wildman–Crippen MR) is 92.0 cm³/mol. The molecule has 0 spiro atoms. The Balaban J connectivity index is 1.73. The summed E-state index contributed by atoms with van der Waals surface area (Å²) in [5.41, 5.74) is 2.50. The number of carbonyl (C=O) groups excluding carboxylic acids is 1. The Morgan fingerprint density at radius 2 is 2.00 bits per heavy atom. The van der Waals surface area contributed by atoms with Crippen molar-refractivity contribution in [2.24, 2.45) is 0 Å². The molecule has 1 N–H and O–H groups in total. The molecule has 2 aromatic heterocycles. The van der Waals surface area contributed by atoms with E-state index in [4.69, 9.17) is 0 Å². The molecule has 3 aromatic rings. The number of hydrogen-bond donors (Lipinski definition) is 1. The summed E-state index contributed by atoms with van der Waals surface area (Å²) in [5.74, 6) is -0.0913. The van der Waals surface area contributed by atoms with Gasteiger partial charge < -0.3 is 9.88 Å². The van der Waals surface area contributed by atoms with Gasteiger partial charge in [-0.1, -0.05) is 18.2 Å². The van der Waals surface area contributed by atoms with Gasteiger partial charge in [0.05, 0.1) is 11.3 Å². The monoisotopic (exact) mass is 323 g/mol. The Hall–Kier alpha value is -2.89. The van der Waals surface area contributed by atoms with Crippen molar-refractivity contribution in [3.63, 3.8) is 0 Å². The maximum Gasteiger partial charge on any atom is 0.253 e. The highest BCUT2D eigenvalue weighted by Gasteiger charge is 2.15. The van der Waals surface area contributed by atoms with Crippen LogP contribution in [0.2, 0.25) is 0 Å². The van der Waals surface area contributed by atoms with Crippen LogP contribution in [-0.4, -0.2) is 25.2 Å². The van der Waals surface area contributed by atoms with Crippen molar-refractivity contribution in [2.75, 3.05) is 0 Å². The summed E-state index contributed by atoms with van der Waals surface area (Å²) in [7, 11) is 0. The first-order valence-electron chi connectivity index (χ1n) is 7.85. The molecule has 0 saturated heterocycles. The smallest absolute Gasteiger partial charge is 0.253 e. The Bertz CT molecular complexity index is 827. The summed E-state index contributed by atoms with van der Waals surface area (Å²) < 4.78 is 3.73. The van der Waals surface area contributed by atoms with E-state index in [1.165, 1.54) is 6.33 Å². The Morgan fingerprint density at radius 3 is 2.67 bits per heavy atom. The Kier molecular flexibility index (Phi) is 4.20. The van der Waals surface area contributed by atoms with E-state index in [-0.39, 0.29) is 11.4 Å². The van der Waals surface area contributed by atoms with Crippen LogP contribution in [0.4, 0.5) is 0 Å². The zero-order valence-corrected chi connectivity index (χ0v) is 14.1. The molecular weight excluding hydrogens is 302 g/mol. The Labute approximate surface area is 141 Å². The van der Waals surface area contributed by atoms with Crippen LogP contribution in [0.15, 0.2) is 55.4 Å². The average Bonchev–Trinajstić information content (AvgIpc) is 3.23. The number of aromatic nitrogens is 4. The fourth-order valence-electron chi connectivity index (χ4n) is 2.44. The molecule has 6 heteroatoms. The van der Waals surface area contributed by atoms with Gasteiger partial charge in [0, 0.05) is 24.5 Å². The lowest BCUT2D eigenvalue weighted by Crippen LogP contribution is -2.24. The second kappa shape index (κ2) is 6.31. The van der Waals surface area contributed by atoms with Crippen molar-refractivity contribution < 1.29 is 4.79 Å². The Morgan fingerprint density at radius 1 is 1.21 bits per heavy atom. The van der Waals surface area contributed by atoms with Crippen LogP contribution in [0.5, 0.6) is 0 Å². The van der Waals surface area contributed by atoms with Crippen molar-refractivity contribution in [3.8, 4) is 5.69 Å². The molecule has 1 amide bonds. The number of benzene rings is 1. The van der Waals surface area contributed by atoms with E-state index in [2.05, 4.69) is 36.2 Å². The van der Waals surface area contributed by atoms with Crippen LogP contribution >= 0.6 is 0 Å². The number of para-hydroxylation sites is 1. The first-order valence-corrected chi connectivity index (χ1v) is 7.85. The third-order valence-electron chi connectivity index (χ3n) is 3.83. The summed E-state index contributed by atoms with van der Waals surface area (Å²) in [5, 5.41) is 7.12. The topological polar surface area (TPSA) is 64.7 Å². The molecule has 0 fully saturated rings. The summed E-state index contributed by atoms with van der Waals surface area (Å²) in [6.45, 7) is 6.73. The van der Waals surface area contributed by atoms with E-state index in [0.717, 1.165) is 11.3 Å². The number of hydrogen-bond acceptors (Lipinski definition) is 3. The zero-order valence-electron chi connectivity index (χ0n) is 14.1. The number of carbonyl (C=O) groups is 1. The van der Waals surface area contributed by atoms with Gasteiger partial charge in [-0.2, -0.15) is 5.10 Å². The molecule has 3 rings (SSSR count). The lowest BCUT2D eigenvalue weighted by atomic mass is 10.1. The summed E-state index contributed by atoms with van der Waals surface area (Å²) in [6.07, 6.45) is 6.94. The fourth-order valence-corrected chi connectivity index (χ4v) is 2.44. The maximum absolute atomic E-state index is 12.4. The lowest BCUT2D eigenvalue weighted by Gasteiger charge is -2.20. The number of amides is 1. The highest BCUT2D eigenvalue weighted by atomic mass is 16.1. The van der Waals surface area contributed by atoms with Gasteiger partial charge in [0.15, 0.2) is 0 Å². The lowest BCUT2D eigenvalue weighted by molar-refractivity contribution is 0.0950. The summed E-state index contributed by atoms with van der Waals surface area (Å²) >= 11 is 0. The van der Waals surface area contributed by atoms with E-state index in [9.17, 15) is 4.79 Å². The molecule has 24 heavy (non-hydrogen) atoms. The van der Waals surface area contributed by atoms with E-state index in [1.807, 2.05) is 47.3 Å². The molecular formula is C18H21N5O. The van der Waals surface area contributed by atoms with Crippen molar-refractivity contribution >= 4 is 5.91 Å². The van der Waals surface area contributed by atoms with Crippen LogP contribution in [0.1, 0.15) is 36.7 Å². The molecule has 2 heterocycles. The van der Waals surface area contributed by atoms with Gasteiger partial charge >= 0.3 is 0 Å². The van der Waals surface area contributed by atoms with Crippen molar-refractivity contribution in [1.29, 1.82) is 0 Å². The van der Waals surface area contributed by atoms with Gasteiger partial charge in [0.2, 0.25) is 0 Å². The van der Waals surface area contributed by atoms with Gasteiger partial charge in [-0.05, 0) is 38.5 Å². The van der Waals surface area contributed by atoms with Gasteiger partial charge in [-0.15, -0.1) is 0 Å². The van der Waals surface area contributed by atoms with Gasteiger partial charge in [0.25, 0.3) is 5.91 Å². The predicted octanol–water partition coefficient (Wildman–Crippen LogP) is 2.75. The van der Waals surface area contributed by atoms with Crippen LogP contribution in [0.25, 0.3) is 5.69 Å². The van der Waals surface area contributed by atoms with Crippen LogP contribution in [-0.2, 0) is 12.1 Å². The van der Waals surface area contributed by atoms with Gasteiger partial charge in [-0.25, -0.2) is 9.67 Å². The molecule has 0 aliphatic carbocycles. The molecule has 0 aliphatic heterocycles. The molecule has 124 valence electrons. The summed E-state index contributed by atoms with van der Waals surface area (Å²) in [6, 6.07) is 9.64. The highest BCUT2D eigenvalue weighted by Crippen LogP contribution is 2.16. The number of nitrogens with zero attached hydrogens (tertiary/aromatic N) is 4. The summed E-state index contributed by atoms with van der Waals surface area (Å²) in [4.78, 5) is 16.4. The third kappa shape index (κ3) is 3.37. The minimum Gasteiger partial charge on any atom is -0.348 e. The minimum absolute atomic E-state index is 0.0434. The number of rotatable bonds is 4. The molecule has 1 aromatic carbocycles. The van der Waals surface area contributed by atoms with Crippen molar-refractivity contribution in [2.45, 2.75) is 32.9 Å². The van der Waals surface area contributed by atoms with Crippen LogP contribution in [0.3, 0.4) is 0 Å². The molecule has 0 saturated carbocycles. The highest BCUT2D eigenvalue weighted by molar-refractivity contribution is 5.94. The first-order chi connectivity index (χ1) is 11.4. The zero-order chi connectivity index (χ0) is 17.2. The second-order valence-corrected chi connectivity index (χ2v) is 6.63. The van der Waals surface area contributed by atoms with E-state index >= 15 is 0 Å².